The number of amides is 2. The topological polar surface area (TPSA) is 81.0 Å². The Labute approximate surface area is 135 Å². The molecule has 1 saturated heterocycles. The Bertz CT molecular complexity index is 687. The van der Waals surface area contributed by atoms with E-state index >= 15 is 0 Å². The van der Waals surface area contributed by atoms with Gasteiger partial charge in [-0.05, 0) is 34.7 Å². The average Bonchev–Trinajstić information content (AvgIpc) is 3.09. The second-order valence-corrected chi connectivity index (χ2v) is 6.14. The first-order valence-electron chi connectivity index (χ1n) is 6.65. The average molecular weight is 338 g/mol. The number of halogens is 1. The number of imide groups is 1. The zero-order chi connectivity index (χ0) is 15.5. The fourth-order valence-electron chi connectivity index (χ4n) is 2.11. The lowest BCUT2D eigenvalue weighted by Gasteiger charge is -2.12. The van der Waals surface area contributed by atoms with Crippen molar-refractivity contribution in [3.8, 4) is 5.69 Å². The van der Waals surface area contributed by atoms with Crippen molar-refractivity contribution in [1.29, 1.82) is 0 Å². The van der Waals surface area contributed by atoms with Gasteiger partial charge in [-0.1, -0.05) is 23.4 Å². The van der Waals surface area contributed by atoms with Gasteiger partial charge in [0.15, 0.2) is 0 Å². The molecule has 3 rings (SSSR count). The number of hydrogen-bond acceptors (Lipinski definition) is 6. The number of tetrazole rings is 1. The van der Waals surface area contributed by atoms with E-state index in [1.807, 2.05) is 12.1 Å². The molecular weight excluding hydrogens is 326 g/mol. The van der Waals surface area contributed by atoms with Crippen molar-refractivity contribution in [2.75, 3.05) is 12.3 Å². The molecule has 1 aliphatic heterocycles. The number of carbonyl (C=O) groups excluding carboxylic acids is 2. The first-order chi connectivity index (χ1) is 10.6. The maximum absolute atomic E-state index is 11.5. The molecule has 1 aliphatic rings. The highest BCUT2D eigenvalue weighted by Crippen LogP contribution is 2.20. The minimum Gasteiger partial charge on any atom is -0.282 e. The molecule has 0 bridgehead atoms. The number of nitrogens with zero attached hydrogens (tertiary/aromatic N) is 5. The Morgan fingerprint density at radius 3 is 2.50 bits per heavy atom. The lowest BCUT2D eigenvalue weighted by Crippen LogP contribution is -2.31. The number of aromatic nitrogens is 4. The Kier molecular flexibility index (Phi) is 4.39. The fraction of sp³-hybridized carbons (Fsp3) is 0.308. The summed E-state index contributed by atoms with van der Waals surface area (Å²) in [5.41, 5.74) is 0.797. The number of likely N-dealkylation sites (tertiary alicyclic amines) is 1. The van der Waals surface area contributed by atoms with Gasteiger partial charge >= 0.3 is 0 Å². The molecule has 9 heteroatoms. The predicted octanol–water partition coefficient (Wildman–Crippen LogP) is 1.56. The summed E-state index contributed by atoms with van der Waals surface area (Å²) in [6.45, 7) is 0.371. The van der Waals surface area contributed by atoms with Crippen LogP contribution in [0.15, 0.2) is 29.4 Å². The molecule has 1 fully saturated rings. The molecule has 114 valence electrons. The van der Waals surface area contributed by atoms with Gasteiger partial charge in [0.1, 0.15) is 0 Å². The van der Waals surface area contributed by atoms with Crippen LogP contribution < -0.4 is 0 Å². The van der Waals surface area contributed by atoms with Crippen LogP contribution in [0.1, 0.15) is 12.8 Å². The molecular formula is C13H12ClN5O2S. The smallest absolute Gasteiger partial charge is 0.229 e. The van der Waals surface area contributed by atoms with Crippen LogP contribution in [0.5, 0.6) is 0 Å². The van der Waals surface area contributed by atoms with Crippen molar-refractivity contribution < 1.29 is 9.59 Å². The highest BCUT2D eigenvalue weighted by atomic mass is 35.5. The Hall–Kier alpha value is -1.93. The zero-order valence-corrected chi connectivity index (χ0v) is 13.0. The van der Waals surface area contributed by atoms with Crippen molar-refractivity contribution in [2.45, 2.75) is 18.0 Å². The second-order valence-electron chi connectivity index (χ2n) is 4.64. The minimum atomic E-state index is -0.108. The Morgan fingerprint density at radius 1 is 1.14 bits per heavy atom. The monoisotopic (exact) mass is 337 g/mol. The molecule has 1 aromatic carbocycles. The minimum absolute atomic E-state index is 0.108. The third-order valence-electron chi connectivity index (χ3n) is 3.21. The van der Waals surface area contributed by atoms with E-state index in [1.54, 1.807) is 16.8 Å². The number of hydrogen-bond donors (Lipinski definition) is 0. The summed E-state index contributed by atoms with van der Waals surface area (Å²) in [7, 11) is 0. The first kappa shape index (κ1) is 15.0. The third kappa shape index (κ3) is 3.12. The summed E-state index contributed by atoms with van der Waals surface area (Å²) in [5.74, 6) is 0.330. The van der Waals surface area contributed by atoms with E-state index in [0.717, 1.165) is 5.69 Å². The normalized spacial score (nSPS) is 14.9. The molecule has 7 nitrogen and oxygen atoms in total. The zero-order valence-electron chi connectivity index (χ0n) is 11.5. The van der Waals surface area contributed by atoms with Gasteiger partial charge < -0.3 is 0 Å². The van der Waals surface area contributed by atoms with E-state index in [1.165, 1.54) is 16.7 Å². The van der Waals surface area contributed by atoms with Crippen LogP contribution in [0, 0.1) is 0 Å². The summed E-state index contributed by atoms with van der Waals surface area (Å²) in [5, 5.41) is 12.8. The number of thioether (sulfide) groups is 1. The largest absolute Gasteiger partial charge is 0.282 e. The molecule has 0 atom stereocenters. The van der Waals surface area contributed by atoms with Gasteiger partial charge in [0.2, 0.25) is 17.0 Å². The Balaban J connectivity index is 1.64. The van der Waals surface area contributed by atoms with Crippen molar-refractivity contribution in [3.05, 3.63) is 29.3 Å². The maximum Gasteiger partial charge on any atom is 0.229 e. The maximum atomic E-state index is 11.5. The Morgan fingerprint density at radius 2 is 1.82 bits per heavy atom. The van der Waals surface area contributed by atoms with E-state index in [4.69, 9.17) is 11.6 Å². The molecule has 2 amide bonds. The van der Waals surface area contributed by atoms with Crippen LogP contribution in [-0.4, -0.2) is 49.2 Å². The summed E-state index contributed by atoms with van der Waals surface area (Å²) < 4.78 is 1.59. The first-order valence-corrected chi connectivity index (χ1v) is 8.02. The van der Waals surface area contributed by atoms with Crippen molar-refractivity contribution >= 4 is 35.2 Å². The summed E-state index contributed by atoms with van der Waals surface area (Å²) in [4.78, 5) is 24.4. The lowest BCUT2D eigenvalue weighted by atomic mass is 10.3. The third-order valence-corrected chi connectivity index (χ3v) is 4.36. The van der Waals surface area contributed by atoms with Crippen LogP contribution in [-0.2, 0) is 9.59 Å². The van der Waals surface area contributed by atoms with Crippen LogP contribution in [0.3, 0.4) is 0 Å². The molecule has 0 N–H and O–H groups in total. The molecule has 0 unspecified atom stereocenters. The van der Waals surface area contributed by atoms with Crippen molar-refractivity contribution in [3.63, 3.8) is 0 Å². The van der Waals surface area contributed by atoms with Gasteiger partial charge in [0.25, 0.3) is 0 Å². The van der Waals surface area contributed by atoms with Gasteiger partial charge in [0.05, 0.1) is 5.69 Å². The highest BCUT2D eigenvalue weighted by molar-refractivity contribution is 7.99. The SMILES string of the molecule is O=C1CCC(=O)N1CCSc1nnnn1-c1ccc(Cl)cc1. The molecule has 0 aliphatic carbocycles. The molecule has 0 radical (unpaired) electrons. The van der Waals surface area contributed by atoms with E-state index in [9.17, 15) is 9.59 Å². The molecule has 2 heterocycles. The van der Waals surface area contributed by atoms with Crippen LogP contribution >= 0.6 is 23.4 Å². The van der Waals surface area contributed by atoms with Gasteiger partial charge in [0, 0.05) is 30.2 Å². The van der Waals surface area contributed by atoms with E-state index in [-0.39, 0.29) is 11.8 Å². The summed E-state index contributed by atoms with van der Waals surface area (Å²) >= 11 is 7.25. The van der Waals surface area contributed by atoms with E-state index in [2.05, 4.69) is 15.5 Å². The summed E-state index contributed by atoms with van der Waals surface area (Å²) in [6, 6.07) is 7.15. The number of rotatable bonds is 5. The highest BCUT2D eigenvalue weighted by Gasteiger charge is 2.28. The molecule has 1 aromatic heterocycles. The molecule has 22 heavy (non-hydrogen) atoms. The van der Waals surface area contributed by atoms with Gasteiger partial charge in [-0.15, -0.1) is 5.10 Å². The fourth-order valence-corrected chi connectivity index (χ4v) is 3.05. The van der Waals surface area contributed by atoms with Crippen molar-refractivity contribution in [1.82, 2.24) is 25.1 Å². The number of benzene rings is 1. The molecule has 2 aromatic rings. The van der Waals surface area contributed by atoms with E-state index in [0.29, 0.717) is 35.3 Å². The second kappa shape index (κ2) is 6.45. The predicted molar refractivity (Wildman–Crippen MR) is 80.8 cm³/mol. The van der Waals surface area contributed by atoms with Crippen LogP contribution in [0.4, 0.5) is 0 Å². The van der Waals surface area contributed by atoms with Gasteiger partial charge in [-0.25, -0.2) is 0 Å². The van der Waals surface area contributed by atoms with Gasteiger partial charge in [-0.2, -0.15) is 4.68 Å². The van der Waals surface area contributed by atoms with E-state index < -0.39 is 0 Å². The van der Waals surface area contributed by atoms with Gasteiger partial charge in [-0.3, -0.25) is 14.5 Å². The van der Waals surface area contributed by atoms with Crippen molar-refractivity contribution in [2.24, 2.45) is 0 Å². The van der Waals surface area contributed by atoms with Crippen LogP contribution in [0.2, 0.25) is 5.02 Å². The molecule has 0 spiro atoms. The quantitative estimate of drug-likeness (QED) is 0.608. The summed E-state index contributed by atoms with van der Waals surface area (Å²) in [6.07, 6.45) is 0.623. The lowest BCUT2D eigenvalue weighted by molar-refractivity contribution is -0.137. The molecule has 0 saturated carbocycles. The number of carbonyl (C=O) groups is 2. The van der Waals surface area contributed by atoms with Crippen LogP contribution in [0.25, 0.3) is 5.69 Å². The standard InChI is InChI=1S/C13H12ClN5O2S/c14-9-1-3-10(4-2-9)19-13(15-16-17-19)22-8-7-18-11(20)5-6-12(18)21/h1-4H,5-8H2.